The van der Waals surface area contributed by atoms with Crippen LogP contribution in [0.2, 0.25) is 0 Å². The van der Waals surface area contributed by atoms with Gasteiger partial charge in [0.15, 0.2) is 0 Å². The number of methoxy groups -OCH3 is 2. The van der Waals surface area contributed by atoms with Crippen LogP contribution in [0.4, 0.5) is 0 Å². The van der Waals surface area contributed by atoms with Crippen molar-refractivity contribution in [2.75, 3.05) is 53.6 Å². The molecule has 2 heterocycles. The standard InChI is InChI=1S/C25H29N3O5/c1-32-20-7-3-18(4-8-20)17-28-24(30)22(19-5-9-21(33-2)10-6-19)23(25(28)31)27-13-11-26(12-14-27)15-16-29/h3-10,29H,11-17H2,1-2H3. The largest absolute Gasteiger partial charge is 0.497 e. The maximum Gasteiger partial charge on any atom is 0.278 e. The number of imide groups is 1. The maximum atomic E-state index is 13.6. The highest BCUT2D eigenvalue weighted by molar-refractivity contribution is 6.35. The summed E-state index contributed by atoms with van der Waals surface area (Å²) in [6, 6.07) is 14.6. The van der Waals surface area contributed by atoms with Crippen molar-refractivity contribution in [2.45, 2.75) is 6.54 Å². The van der Waals surface area contributed by atoms with Crippen LogP contribution < -0.4 is 9.47 Å². The lowest BCUT2D eigenvalue weighted by atomic mass is 10.0. The van der Waals surface area contributed by atoms with E-state index in [0.29, 0.717) is 42.2 Å². The van der Waals surface area contributed by atoms with Crippen molar-refractivity contribution in [1.29, 1.82) is 0 Å². The normalized spacial score (nSPS) is 17.2. The molecule has 0 radical (unpaired) electrons. The first-order valence-corrected chi connectivity index (χ1v) is 11.0. The van der Waals surface area contributed by atoms with Crippen molar-refractivity contribution < 1.29 is 24.2 Å². The molecule has 33 heavy (non-hydrogen) atoms. The molecule has 1 fully saturated rings. The highest BCUT2D eigenvalue weighted by Gasteiger charge is 2.42. The van der Waals surface area contributed by atoms with Crippen LogP contribution in [0.3, 0.4) is 0 Å². The Hall–Kier alpha value is -3.36. The number of rotatable bonds is 8. The zero-order valence-electron chi connectivity index (χ0n) is 19.0. The molecule has 2 aliphatic rings. The second-order valence-corrected chi connectivity index (χ2v) is 8.05. The van der Waals surface area contributed by atoms with Crippen LogP contribution in [0.25, 0.3) is 5.57 Å². The fourth-order valence-electron chi connectivity index (χ4n) is 4.27. The van der Waals surface area contributed by atoms with Crippen molar-refractivity contribution in [3.8, 4) is 11.5 Å². The lowest BCUT2D eigenvalue weighted by Gasteiger charge is -2.36. The molecule has 8 heteroatoms. The van der Waals surface area contributed by atoms with E-state index in [9.17, 15) is 14.7 Å². The number of aliphatic hydroxyl groups is 1. The predicted octanol–water partition coefficient (Wildman–Crippen LogP) is 1.59. The molecule has 1 N–H and O–H groups in total. The zero-order chi connectivity index (χ0) is 23.4. The summed E-state index contributed by atoms with van der Waals surface area (Å²) in [6.45, 7) is 3.57. The van der Waals surface area contributed by atoms with E-state index in [4.69, 9.17) is 9.47 Å². The Kier molecular flexibility index (Phi) is 6.96. The molecule has 2 amide bonds. The summed E-state index contributed by atoms with van der Waals surface area (Å²) < 4.78 is 10.5. The van der Waals surface area contributed by atoms with E-state index in [1.54, 1.807) is 26.4 Å². The zero-order valence-corrected chi connectivity index (χ0v) is 19.0. The summed E-state index contributed by atoms with van der Waals surface area (Å²) in [5, 5.41) is 9.23. The second-order valence-electron chi connectivity index (χ2n) is 8.05. The number of carbonyl (C=O) groups excluding carboxylic acids is 2. The summed E-state index contributed by atoms with van der Waals surface area (Å²) in [5.41, 5.74) is 2.41. The van der Waals surface area contributed by atoms with Crippen LogP contribution in [0, 0.1) is 0 Å². The molecule has 0 spiro atoms. The summed E-state index contributed by atoms with van der Waals surface area (Å²) in [6.07, 6.45) is 0. The van der Waals surface area contributed by atoms with E-state index in [1.165, 1.54) is 4.90 Å². The first-order valence-electron chi connectivity index (χ1n) is 11.0. The molecule has 174 valence electrons. The minimum Gasteiger partial charge on any atom is -0.497 e. The van der Waals surface area contributed by atoms with Gasteiger partial charge in [-0.25, -0.2) is 0 Å². The number of ether oxygens (including phenoxy) is 2. The van der Waals surface area contributed by atoms with Gasteiger partial charge in [0.1, 0.15) is 17.2 Å². The lowest BCUT2D eigenvalue weighted by Crippen LogP contribution is -2.48. The Bertz CT molecular complexity index is 1030. The Labute approximate surface area is 193 Å². The monoisotopic (exact) mass is 451 g/mol. The predicted molar refractivity (Wildman–Crippen MR) is 124 cm³/mol. The minimum atomic E-state index is -0.297. The topological polar surface area (TPSA) is 82.6 Å². The van der Waals surface area contributed by atoms with Crippen LogP contribution >= 0.6 is 0 Å². The number of aliphatic hydroxyl groups excluding tert-OH is 1. The third kappa shape index (κ3) is 4.72. The molecule has 0 saturated carbocycles. The van der Waals surface area contributed by atoms with Crippen molar-refractivity contribution in [3.63, 3.8) is 0 Å². The molecule has 0 unspecified atom stereocenters. The van der Waals surface area contributed by atoms with Gasteiger partial charge in [-0.3, -0.25) is 19.4 Å². The quantitative estimate of drug-likeness (QED) is 0.611. The van der Waals surface area contributed by atoms with Gasteiger partial charge >= 0.3 is 0 Å². The molecular formula is C25H29N3O5. The molecule has 2 aromatic carbocycles. The van der Waals surface area contributed by atoms with Crippen LogP contribution in [-0.2, 0) is 16.1 Å². The minimum absolute atomic E-state index is 0.104. The first kappa shape index (κ1) is 22.8. The SMILES string of the molecule is COc1ccc(CN2C(=O)C(c3ccc(OC)cc3)=C(N3CCN(CCO)CC3)C2=O)cc1. The summed E-state index contributed by atoms with van der Waals surface area (Å²) in [4.78, 5) is 32.6. The average molecular weight is 452 g/mol. The average Bonchev–Trinajstić information content (AvgIpc) is 3.10. The molecule has 4 rings (SSSR count). The number of hydrogen-bond acceptors (Lipinski definition) is 7. The van der Waals surface area contributed by atoms with E-state index in [0.717, 1.165) is 24.4 Å². The van der Waals surface area contributed by atoms with Crippen molar-refractivity contribution >= 4 is 17.4 Å². The Morgan fingerprint density at radius 3 is 1.94 bits per heavy atom. The fourth-order valence-corrected chi connectivity index (χ4v) is 4.27. The molecule has 0 atom stereocenters. The molecule has 0 aliphatic carbocycles. The van der Waals surface area contributed by atoms with Gasteiger partial charge in [-0.15, -0.1) is 0 Å². The molecule has 0 aromatic heterocycles. The number of carbonyl (C=O) groups is 2. The third-order valence-electron chi connectivity index (χ3n) is 6.13. The van der Waals surface area contributed by atoms with Gasteiger partial charge in [-0.05, 0) is 35.4 Å². The van der Waals surface area contributed by atoms with E-state index in [1.807, 2.05) is 41.3 Å². The highest BCUT2D eigenvalue weighted by atomic mass is 16.5. The number of benzene rings is 2. The number of piperazine rings is 1. The highest BCUT2D eigenvalue weighted by Crippen LogP contribution is 2.34. The maximum absolute atomic E-state index is 13.6. The Morgan fingerprint density at radius 1 is 0.818 bits per heavy atom. The van der Waals surface area contributed by atoms with Crippen LogP contribution in [0.15, 0.2) is 54.2 Å². The fraction of sp³-hybridized carbons (Fsp3) is 0.360. The number of amides is 2. The smallest absolute Gasteiger partial charge is 0.278 e. The van der Waals surface area contributed by atoms with Gasteiger partial charge < -0.3 is 19.5 Å². The number of nitrogens with zero attached hydrogens (tertiary/aromatic N) is 3. The number of β-amino-alcohol motifs (C(OH)–C–C–N with tert-alkyl or cyclic N) is 1. The van der Waals surface area contributed by atoms with Crippen LogP contribution in [0.5, 0.6) is 11.5 Å². The third-order valence-corrected chi connectivity index (χ3v) is 6.13. The molecule has 8 nitrogen and oxygen atoms in total. The van der Waals surface area contributed by atoms with Gasteiger partial charge in [0.2, 0.25) is 0 Å². The molecule has 0 bridgehead atoms. The summed E-state index contributed by atoms with van der Waals surface area (Å²) in [7, 11) is 3.19. The van der Waals surface area contributed by atoms with Crippen molar-refractivity contribution in [1.82, 2.24) is 14.7 Å². The molecule has 1 saturated heterocycles. The van der Waals surface area contributed by atoms with E-state index >= 15 is 0 Å². The second kappa shape index (κ2) is 10.1. The van der Waals surface area contributed by atoms with Gasteiger partial charge in [0.05, 0.1) is 32.9 Å². The first-order chi connectivity index (χ1) is 16.0. The van der Waals surface area contributed by atoms with E-state index < -0.39 is 0 Å². The Balaban J connectivity index is 1.65. The summed E-state index contributed by atoms with van der Waals surface area (Å²) >= 11 is 0. The Morgan fingerprint density at radius 2 is 1.39 bits per heavy atom. The molecular weight excluding hydrogens is 422 g/mol. The van der Waals surface area contributed by atoms with Crippen molar-refractivity contribution in [2.24, 2.45) is 0 Å². The van der Waals surface area contributed by atoms with Gasteiger partial charge in [-0.1, -0.05) is 24.3 Å². The molecule has 2 aliphatic heterocycles. The van der Waals surface area contributed by atoms with Gasteiger partial charge in [-0.2, -0.15) is 0 Å². The lowest BCUT2D eigenvalue weighted by molar-refractivity contribution is -0.138. The van der Waals surface area contributed by atoms with Gasteiger partial charge in [0.25, 0.3) is 11.8 Å². The van der Waals surface area contributed by atoms with Gasteiger partial charge in [0, 0.05) is 32.7 Å². The van der Waals surface area contributed by atoms with Crippen LogP contribution in [-0.4, -0.2) is 85.2 Å². The molecule has 2 aromatic rings. The van der Waals surface area contributed by atoms with E-state index in [-0.39, 0.29) is 25.0 Å². The number of hydrogen-bond donors (Lipinski definition) is 1. The summed E-state index contributed by atoms with van der Waals surface area (Å²) in [5.74, 6) is 0.827. The van der Waals surface area contributed by atoms with Crippen molar-refractivity contribution in [3.05, 3.63) is 65.4 Å². The van der Waals surface area contributed by atoms with E-state index in [2.05, 4.69) is 4.90 Å². The van der Waals surface area contributed by atoms with Crippen LogP contribution in [0.1, 0.15) is 11.1 Å².